The van der Waals surface area contributed by atoms with Gasteiger partial charge in [-0.05, 0) is 25.7 Å². The van der Waals surface area contributed by atoms with Crippen LogP contribution in [-0.4, -0.2) is 23.3 Å². The van der Waals surface area contributed by atoms with Crippen molar-refractivity contribution in [1.82, 2.24) is 0 Å². The monoisotopic (exact) mass is 264 g/mol. The summed E-state index contributed by atoms with van der Waals surface area (Å²) in [7, 11) is 0. The largest absolute Gasteiger partial charge is 0.466 e. The summed E-state index contributed by atoms with van der Waals surface area (Å²) in [6, 6.07) is 0. The van der Waals surface area contributed by atoms with Gasteiger partial charge in [-0.3, -0.25) is 4.79 Å². The third-order valence-corrected chi connectivity index (χ3v) is 4.36. The number of hydrogen-bond donors (Lipinski definition) is 1. The number of aliphatic hydroxyl groups is 1. The maximum atomic E-state index is 11.7. The number of hydrogen-bond acceptors (Lipinski definition) is 3. The van der Waals surface area contributed by atoms with E-state index in [1.165, 1.54) is 19.3 Å². The highest BCUT2D eigenvalue weighted by Crippen LogP contribution is 2.41. The number of esters is 1. The van der Waals surface area contributed by atoms with E-state index in [9.17, 15) is 9.90 Å². The molecule has 1 N–H and O–H groups in total. The van der Waals surface area contributed by atoms with Crippen LogP contribution in [0, 0.1) is 11.8 Å². The summed E-state index contributed by atoms with van der Waals surface area (Å²) < 4.78 is 5.02. The summed E-state index contributed by atoms with van der Waals surface area (Å²) in [6.07, 6.45) is 13.6. The van der Waals surface area contributed by atoms with Gasteiger partial charge < -0.3 is 9.84 Å². The van der Waals surface area contributed by atoms with Crippen LogP contribution in [-0.2, 0) is 9.53 Å². The summed E-state index contributed by atoms with van der Waals surface area (Å²) in [4.78, 5) is 11.7. The highest BCUT2D eigenvalue weighted by Gasteiger charge is 2.42. The van der Waals surface area contributed by atoms with Crippen molar-refractivity contribution in [3.8, 4) is 0 Å². The SMILES string of the molecule is CCOC(=O)CC1C=CC=CC1(O)C1CCCCC1. The molecule has 0 spiro atoms. The van der Waals surface area contributed by atoms with E-state index in [1.54, 1.807) is 0 Å². The van der Waals surface area contributed by atoms with Crippen LogP contribution in [0.25, 0.3) is 0 Å². The van der Waals surface area contributed by atoms with Gasteiger partial charge in [0.05, 0.1) is 18.6 Å². The van der Waals surface area contributed by atoms with Crippen LogP contribution in [0.5, 0.6) is 0 Å². The predicted molar refractivity (Wildman–Crippen MR) is 74.5 cm³/mol. The molecule has 19 heavy (non-hydrogen) atoms. The summed E-state index contributed by atoms with van der Waals surface area (Å²) in [6.45, 7) is 2.20. The second-order valence-corrected chi connectivity index (χ2v) is 5.58. The molecule has 2 aliphatic carbocycles. The highest BCUT2D eigenvalue weighted by molar-refractivity contribution is 5.70. The van der Waals surface area contributed by atoms with Crippen LogP contribution in [0.3, 0.4) is 0 Å². The molecule has 3 nitrogen and oxygen atoms in total. The molecule has 0 amide bonds. The Morgan fingerprint density at radius 1 is 1.32 bits per heavy atom. The topological polar surface area (TPSA) is 46.5 Å². The zero-order chi connectivity index (χ0) is 13.7. The normalized spacial score (nSPS) is 31.4. The molecule has 0 aromatic heterocycles. The van der Waals surface area contributed by atoms with Gasteiger partial charge in [0.25, 0.3) is 0 Å². The zero-order valence-electron chi connectivity index (χ0n) is 11.7. The van der Waals surface area contributed by atoms with Gasteiger partial charge >= 0.3 is 5.97 Å². The molecule has 3 heteroatoms. The lowest BCUT2D eigenvalue weighted by atomic mass is 9.68. The Labute approximate surface area is 115 Å². The van der Waals surface area contributed by atoms with Gasteiger partial charge in [0.2, 0.25) is 0 Å². The first-order valence-corrected chi connectivity index (χ1v) is 7.41. The third kappa shape index (κ3) is 3.27. The molecular formula is C16H24O3. The molecule has 0 aromatic rings. The van der Waals surface area contributed by atoms with E-state index in [0.29, 0.717) is 6.61 Å². The van der Waals surface area contributed by atoms with Crippen molar-refractivity contribution < 1.29 is 14.6 Å². The van der Waals surface area contributed by atoms with Crippen LogP contribution < -0.4 is 0 Å². The van der Waals surface area contributed by atoms with E-state index in [2.05, 4.69) is 0 Å². The van der Waals surface area contributed by atoms with Gasteiger partial charge in [-0.2, -0.15) is 0 Å². The summed E-state index contributed by atoms with van der Waals surface area (Å²) in [5, 5.41) is 11.0. The van der Waals surface area contributed by atoms with Crippen LogP contribution in [0.15, 0.2) is 24.3 Å². The Morgan fingerprint density at radius 2 is 2.05 bits per heavy atom. The Kier molecular flexibility index (Phi) is 4.81. The van der Waals surface area contributed by atoms with Crippen molar-refractivity contribution in [1.29, 1.82) is 0 Å². The van der Waals surface area contributed by atoms with Gasteiger partial charge in [0.15, 0.2) is 0 Å². The molecule has 0 aromatic carbocycles. The van der Waals surface area contributed by atoms with Gasteiger partial charge in [-0.1, -0.05) is 43.6 Å². The number of ether oxygens (including phenoxy) is 1. The van der Waals surface area contributed by atoms with E-state index >= 15 is 0 Å². The van der Waals surface area contributed by atoms with Crippen molar-refractivity contribution in [3.05, 3.63) is 24.3 Å². The Hall–Kier alpha value is -1.09. The molecule has 0 bridgehead atoms. The lowest BCUT2D eigenvalue weighted by molar-refractivity contribution is -0.146. The zero-order valence-corrected chi connectivity index (χ0v) is 11.7. The lowest BCUT2D eigenvalue weighted by Gasteiger charge is -2.42. The molecule has 0 heterocycles. The van der Waals surface area contributed by atoms with E-state index < -0.39 is 5.60 Å². The average Bonchev–Trinajstić information content (AvgIpc) is 2.43. The fourth-order valence-corrected chi connectivity index (χ4v) is 3.32. The van der Waals surface area contributed by atoms with E-state index in [4.69, 9.17) is 4.74 Å². The number of allylic oxidation sites excluding steroid dienone is 2. The maximum Gasteiger partial charge on any atom is 0.306 e. The van der Waals surface area contributed by atoms with E-state index in [0.717, 1.165) is 12.8 Å². The van der Waals surface area contributed by atoms with Crippen LogP contribution >= 0.6 is 0 Å². The number of carbonyl (C=O) groups excluding carboxylic acids is 1. The molecule has 2 unspecified atom stereocenters. The molecule has 1 saturated carbocycles. The Bertz CT molecular complexity index is 366. The van der Waals surface area contributed by atoms with E-state index in [1.807, 2.05) is 31.2 Å². The van der Waals surface area contributed by atoms with Gasteiger partial charge in [-0.25, -0.2) is 0 Å². The molecular weight excluding hydrogens is 240 g/mol. The summed E-state index contributed by atoms with van der Waals surface area (Å²) >= 11 is 0. The van der Waals surface area contributed by atoms with Crippen LogP contribution in [0.2, 0.25) is 0 Å². The standard InChI is InChI=1S/C16H24O3/c1-2-19-15(17)12-14-10-6-7-11-16(14,18)13-8-4-3-5-9-13/h6-7,10-11,13-14,18H,2-5,8-9,12H2,1H3. The third-order valence-electron chi connectivity index (χ3n) is 4.36. The summed E-state index contributed by atoms with van der Waals surface area (Å²) in [5.74, 6) is -0.108. The molecule has 0 aliphatic heterocycles. The minimum Gasteiger partial charge on any atom is -0.466 e. The maximum absolute atomic E-state index is 11.7. The smallest absolute Gasteiger partial charge is 0.306 e. The Balaban J connectivity index is 2.08. The first kappa shape index (κ1) is 14.3. The summed E-state index contributed by atoms with van der Waals surface area (Å²) in [5.41, 5.74) is -0.873. The van der Waals surface area contributed by atoms with Gasteiger partial charge in [-0.15, -0.1) is 0 Å². The second-order valence-electron chi connectivity index (χ2n) is 5.58. The second kappa shape index (κ2) is 6.38. The average molecular weight is 264 g/mol. The van der Waals surface area contributed by atoms with Crippen LogP contribution in [0.4, 0.5) is 0 Å². The van der Waals surface area contributed by atoms with Gasteiger partial charge in [0, 0.05) is 5.92 Å². The molecule has 2 rings (SSSR count). The van der Waals surface area contributed by atoms with Gasteiger partial charge in [0.1, 0.15) is 0 Å². The molecule has 2 aliphatic rings. The fraction of sp³-hybridized carbons (Fsp3) is 0.688. The molecule has 1 fully saturated rings. The first-order valence-electron chi connectivity index (χ1n) is 7.41. The van der Waals surface area contributed by atoms with Crippen molar-refractivity contribution in [2.45, 2.75) is 51.0 Å². The first-order chi connectivity index (χ1) is 9.16. The predicted octanol–water partition coefficient (Wildman–Crippen LogP) is 2.99. The molecule has 0 radical (unpaired) electrons. The number of carbonyl (C=O) groups is 1. The van der Waals surface area contributed by atoms with Crippen molar-refractivity contribution in [3.63, 3.8) is 0 Å². The highest BCUT2D eigenvalue weighted by atomic mass is 16.5. The van der Waals surface area contributed by atoms with Crippen molar-refractivity contribution >= 4 is 5.97 Å². The molecule has 106 valence electrons. The minimum atomic E-state index is -0.873. The van der Waals surface area contributed by atoms with Crippen molar-refractivity contribution in [2.75, 3.05) is 6.61 Å². The number of rotatable bonds is 4. The molecule has 2 atom stereocenters. The lowest BCUT2D eigenvalue weighted by Crippen LogP contribution is -2.45. The van der Waals surface area contributed by atoms with Crippen LogP contribution in [0.1, 0.15) is 45.4 Å². The van der Waals surface area contributed by atoms with E-state index in [-0.39, 0.29) is 24.2 Å². The minimum absolute atomic E-state index is 0.153. The quantitative estimate of drug-likeness (QED) is 0.794. The van der Waals surface area contributed by atoms with Crippen molar-refractivity contribution in [2.24, 2.45) is 11.8 Å². The fourth-order valence-electron chi connectivity index (χ4n) is 3.32. The molecule has 0 saturated heterocycles. The Morgan fingerprint density at radius 3 is 2.74 bits per heavy atom.